The Hall–Kier alpha value is -3.89. The van der Waals surface area contributed by atoms with Crippen LogP contribution in [0.25, 0.3) is 0 Å². The van der Waals surface area contributed by atoms with E-state index in [-0.39, 0.29) is 24.9 Å². The van der Waals surface area contributed by atoms with Gasteiger partial charge in [-0.2, -0.15) is 0 Å². The number of hydrogen-bond acceptors (Lipinski definition) is 8. The molecule has 0 unspecified atom stereocenters. The van der Waals surface area contributed by atoms with Gasteiger partial charge in [-0.05, 0) is 68.9 Å². The van der Waals surface area contributed by atoms with Crippen molar-refractivity contribution in [2.45, 2.75) is 70.6 Å². The van der Waals surface area contributed by atoms with Gasteiger partial charge in [0.15, 0.2) is 11.6 Å². The first-order valence-electron chi connectivity index (χ1n) is 14.5. The number of aryl methyl sites for hydroxylation is 1. The van der Waals surface area contributed by atoms with Crippen LogP contribution in [0.1, 0.15) is 77.7 Å². The summed E-state index contributed by atoms with van der Waals surface area (Å²) in [5.41, 5.74) is 4.34. The fraction of sp³-hybridized carbons (Fsp3) is 0.469. The van der Waals surface area contributed by atoms with Gasteiger partial charge in [-0.3, -0.25) is 9.59 Å². The molecular weight excluding hydrogens is 534 g/mol. The first-order valence-corrected chi connectivity index (χ1v) is 14.5. The summed E-state index contributed by atoms with van der Waals surface area (Å²) in [5, 5.41) is 26.3. The van der Waals surface area contributed by atoms with Crippen LogP contribution in [0.5, 0.6) is 0 Å². The maximum absolute atomic E-state index is 13.2. The maximum atomic E-state index is 13.2. The molecule has 1 saturated heterocycles. The number of aliphatic hydroxyl groups excluding tert-OH is 2. The highest BCUT2D eigenvalue weighted by Crippen LogP contribution is 2.39. The minimum Gasteiger partial charge on any atom is -0.448 e. The zero-order valence-corrected chi connectivity index (χ0v) is 23.3. The van der Waals surface area contributed by atoms with Gasteiger partial charge in [-0.25, -0.2) is 4.98 Å². The zero-order valence-electron chi connectivity index (χ0n) is 23.3. The van der Waals surface area contributed by atoms with E-state index in [0.29, 0.717) is 30.0 Å². The number of anilines is 3. The number of piperazine rings is 1. The van der Waals surface area contributed by atoms with Crippen LogP contribution in [-0.4, -0.2) is 71.4 Å². The molecule has 0 bridgehead atoms. The van der Waals surface area contributed by atoms with E-state index in [9.17, 15) is 19.8 Å². The van der Waals surface area contributed by atoms with Crippen molar-refractivity contribution in [2.24, 2.45) is 0 Å². The predicted molar refractivity (Wildman–Crippen MR) is 162 cm³/mol. The summed E-state index contributed by atoms with van der Waals surface area (Å²) < 4.78 is 5.53. The monoisotopic (exact) mass is 575 g/mol. The Labute approximate surface area is 246 Å². The quantitative estimate of drug-likeness (QED) is 0.332. The molecule has 1 aliphatic heterocycles. The molecule has 2 aromatic carbocycles. The molecule has 42 heavy (non-hydrogen) atoms. The Kier molecular flexibility index (Phi) is 8.84. The van der Waals surface area contributed by atoms with Gasteiger partial charge in [0, 0.05) is 43.3 Å². The number of benzene rings is 2. The number of para-hydroxylation sites is 1. The van der Waals surface area contributed by atoms with E-state index < -0.39 is 24.2 Å². The Balaban J connectivity index is 0.00000353. The smallest absolute Gasteiger partial charge is 0.277 e. The van der Waals surface area contributed by atoms with Gasteiger partial charge < -0.3 is 35.1 Å². The Morgan fingerprint density at radius 3 is 2.36 bits per heavy atom. The van der Waals surface area contributed by atoms with Crippen LogP contribution >= 0.6 is 0 Å². The zero-order chi connectivity index (χ0) is 28.5. The largest absolute Gasteiger partial charge is 0.448 e. The number of aromatic nitrogens is 1. The molecule has 0 radical (unpaired) electrons. The average molecular weight is 576 g/mol. The van der Waals surface area contributed by atoms with Crippen molar-refractivity contribution in [1.82, 2.24) is 10.3 Å². The van der Waals surface area contributed by atoms with Crippen molar-refractivity contribution in [3.05, 3.63) is 71.4 Å². The molecule has 1 aromatic heterocycles. The van der Waals surface area contributed by atoms with Gasteiger partial charge in [-0.1, -0.05) is 25.6 Å². The van der Waals surface area contributed by atoms with Crippen LogP contribution in [0.15, 0.2) is 53.1 Å². The average Bonchev–Trinajstić information content (AvgIpc) is 3.71. The lowest BCUT2D eigenvalue weighted by molar-refractivity contribution is -0.0278. The van der Waals surface area contributed by atoms with E-state index in [1.807, 2.05) is 12.1 Å². The second-order valence-electron chi connectivity index (χ2n) is 11.4. The molecule has 2 saturated carbocycles. The van der Waals surface area contributed by atoms with E-state index in [1.165, 1.54) is 17.5 Å². The van der Waals surface area contributed by atoms with Crippen molar-refractivity contribution in [3.8, 4) is 0 Å². The molecule has 6 rings (SSSR count). The van der Waals surface area contributed by atoms with E-state index in [1.54, 1.807) is 12.1 Å². The highest BCUT2D eigenvalue weighted by atomic mass is 16.3. The van der Waals surface area contributed by atoms with E-state index in [2.05, 4.69) is 50.5 Å². The number of nitrogens with zero attached hydrogens (tertiary/aromatic N) is 3. The van der Waals surface area contributed by atoms with E-state index in [4.69, 9.17) is 4.42 Å². The van der Waals surface area contributed by atoms with E-state index in [0.717, 1.165) is 51.1 Å². The van der Waals surface area contributed by atoms with Crippen molar-refractivity contribution in [2.75, 3.05) is 41.3 Å². The molecule has 3 fully saturated rings. The fourth-order valence-electron chi connectivity index (χ4n) is 5.82. The molecule has 10 nitrogen and oxygen atoms in total. The summed E-state index contributed by atoms with van der Waals surface area (Å²) in [6, 6.07) is 13.1. The number of hydrogen-bond donors (Lipinski definition) is 4. The molecule has 10 heteroatoms. The lowest BCUT2D eigenvalue weighted by Gasteiger charge is -2.38. The van der Waals surface area contributed by atoms with Gasteiger partial charge in [0.2, 0.25) is 0 Å². The number of carbonyl (C=O) groups excluding carboxylic acids is 2. The second kappa shape index (κ2) is 12.5. The highest BCUT2D eigenvalue weighted by Gasteiger charge is 2.32. The van der Waals surface area contributed by atoms with Crippen molar-refractivity contribution >= 4 is 28.9 Å². The first-order chi connectivity index (χ1) is 19.9. The Bertz CT molecular complexity index is 1410. The number of carbonyl (C=O) groups is 2. The molecule has 0 spiro atoms. The Morgan fingerprint density at radius 1 is 0.929 bits per heavy atom. The number of aliphatic hydroxyl groups is 2. The summed E-state index contributed by atoms with van der Waals surface area (Å²) in [6.07, 6.45) is 3.38. The highest BCUT2D eigenvalue weighted by molar-refractivity contribution is 6.06. The molecule has 2 heterocycles. The maximum Gasteiger partial charge on any atom is 0.277 e. The summed E-state index contributed by atoms with van der Waals surface area (Å²) in [5.74, 6) is 0.109. The molecule has 2 amide bonds. The minimum atomic E-state index is -1.01. The lowest BCUT2D eigenvalue weighted by Crippen LogP contribution is -2.51. The van der Waals surface area contributed by atoms with Gasteiger partial charge in [0.25, 0.3) is 11.8 Å². The van der Waals surface area contributed by atoms with Crippen LogP contribution in [0.4, 0.5) is 17.1 Å². The molecular formula is C32H41N5O5. The van der Waals surface area contributed by atoms with E-state index >= 15 is 0 Å². The van der Waals surface area contributed by atoms with Gasteiger partial charge in [0.1, 0.15) is 6.26 Å². The number of nitrogens with one attached hydrogen (secondary N) is 2. The van der Waals surface area contributed by atoms with Crippen LogP contribution in [-0.2, 0) is 0 Å². The van der Waals surface area contributed by atoms with Gasteiger partial charge in [0.05, 0.1) is 29.6 Å². The third-order valence-electron chi connectivity index (χ3n) is 8.40. The van der Waals surface area contributed by atoms with Crippen LogP contribution in [0.2, 0.25) is 0 Å². The summed E-state index contributed by atoms with van der Waals surface area (Å²) >= 11 is 0. The first kappa shape index (κ1) is 29.6. The minimum absolute atomic E-state index is 0. The van der Waals surface area contributed by atoms with Gasteiger partial charge in [-0.15, -0.1) is 0 Å². The van der Waals surface area contributed by atoms with Gasteiger partial charge >= 0.3 is 0 Å². The molecule has 3 aromatic rings. The standard InChI is InChI=1S/C31H37N5O5.CH4/c1-19-5-2-3-7-25(19)35-13-15-36(16-14-35)26-12-11-21(29(39)32-22-6-4-8-27(37)28(22)38)17-23(26)33-30(40)24-18-41-31(34-24)20-9-10-20;/h2-3,5,7,11-12,17-18,20,22,27-28,37-38H,4,6,8-10,13-16H2,1H3,(H,32,39)(H,33,40);1H4/t22-,27-,28+;/m1./s1. The van der Waals surface area contributed by atoms with Crippen LogP contribution < -0.4 is 20.4 Å². The second-order valence-corrected chi connectivity index (χ2v) is 11.4. The van der Waals surface area contributed by atoms with Crippen LogP contribution in [0.3, 0.4) is 0 Å². The molecule has 224 valence electrons. The van der Waals surface area contributed by atoms with Crippen molar-refractivity contribution < 1.29 is 24.2 Å². The predicted octanol–water partition coefficient (Wildman–Crippen LogP) is 4.08. The third-order valence-corrected chi connectivity index (χ3v) is 8.40. The van der Waals surface area contributed by atoms with Crippen LogP contribution in [0, 0.1) is 6.92 Å². The Morgan fingerprint density at radius 2 is 1.64 bits per heavy atom. The summed E-state index contributed by atoms with van der Waals surface area (Å²) in [6.45, 7) is 5.23. The molecule has 2 aliphatic carbocycles. The molecule has 4 N–H and O–H groups in total. The topological polar surface area (TPSA) is 131 Å². The summed E-state index contributed by atoms with van der Waals surface area (Å²) in [7, 11) is 0. The number of amides is 2. The summed E-state index contributed by atoms with van der Waals surface area (Å²) in [4.78, 5) is 35.4. The number of oxazole rings is 1. The molecule has 3 aliphatic rings. The fourth-order valence-corrected chi connectivity index (χ4v) is 5.82. The SMILES string of the molecule is C.Cc1ccccc1N1CCN(c2ccc(C(=O)N[C@@H]3CCC[C@@H](O)[C@H]3O)cc2NC(=O)c2coc(C3CC3)n2)CC1. The number of rotatable bonds is 7. The normalized spacial score (nSPS) is 22.3. The lowest BCUT2D eigenvalue weighted by atomic mass is 9.90. The third kappa shape index (κ3) is 6.29. The molecule has 3 atom stereocenters. The van der Waals surface area contributed by atoms with Crippen molar-refractivity contribution in [3.63, 3.8) is 0 Å². The van der Waals surface area contributed by atoms with Crippen molar-refractivity contribution in [1.29, 1.82) is 0 Å².